The van der Waals surface area contributed by atoms with E-state index in [-0.39, 0.29) is 5.41 Å². The van der Waals surface area contributed by atoms with Crippen LogP contribution in [0.5, 0.6) is 5.75 Å². The number of benzene rings is 1. The number of rotatable bonds is 5. The smallest absolute Gasteiger partial charge is 0.118 e. The van der Waals surface area contributed by atoms with Gasteiger partial charge in [0.05, 0.1) is 19.8 Å². The van der Waals surface area contributed by atoms with E-state index < -0.39 is 0 Å². The minimum atomic E-state index is 0.178. The highest BCUT2D eigenvalue weighted by Gasteiger charge is 2.45. The van der Waals surface area contributed by atoms with E-state index >= 15 is 0 Å². The van der Waals surface area contributed by atoms with Crippen LogP contribution in [0.15, 0.2) is 24.3 Å². The summed E-state index contributed by atoms with van der Waals surface area (Å²) in [7, 11) is 3.51. The highest BCUT2D eigenvalue weighted by molar-refractivity contribution is 5.27. The molecule has 0 amide bonds. The zero-order valence-corrected chi connectivity index (χ0v) is 13.7. The van der Waals surface area contributed by atoms with Crippen LogP contribution in [0.2, 0.25) is 0 Å². The summed E-state index contributed by atoms with van der Waals surface area (Å²) in [5, 5.41) is 0. The lowest BCUT2D eigenvalue weighted by molar-refractivity contribution is -0.149. The van der Waals surface area contributed by atoms with Gasteiger partial charge in [0, 0.05) is 38.8 Å². The molecule has 0 spiro atoms. The molecule has 0 aromatic heterocycles. The zero-order chi connectivity index (χ0) is 15.4. The van der Waals surface area contributed by atoms with Crippen molar-refractivity contribution in [1.82, 2.24) is 4.90 Å². The van der Waals surface area contributed by atoms with Crippen molar-refractivity contribution in [3.8, 4) is 5.75 Å². The molecule has 4 nitrogen and oxygen atoms in total. The molecular weight excluding hydrogens is 278 g/mol. The molecule has 0 radical (unpaired) electrons. The second-order valence-electron chi connectivity index (χ2n) is 6.61. The summed E-state index contributed by atoms with van der Waals surface area (Å²) in [5.74, 6) is 0.916. The standard InChI is InChI=1S/C18H27NO3/c1-20-14-18-9-3-11-22-17(18)8-10-19(13-18)12-15-4-6-16(21-2)7-5-15/h4-7,17H,3,8-14H2,1-2H3/t17-,18-/m1/s1. The molecule has 122 valence electrons. The van der Waals surface area contributed by atoms with Gasteiger partial charge in [-0.05, 0) is 37.0 Å². The van der Waals surface area contributed by atoms with Crippen molar-refractivity contribution in [1.29, 1.82) is 0 Å². The fourth-order valence-electron chi connectivity index (χ4n) is 4.00. The van der Waals surface area contributed by atoms with Crippen LogP contribution in [0.3, 0.4) is 0 Å². The predicted molar refractivity (Wildman–Crippen MR) is 86.2 cm³/mol. The highest BCUT2D eigenvalue weighted by atomic mass is 16.5. The molecule has 0 bridgehead atoms. The lowest BCUT2D eigenvalue weighted by Gasteiger charge is -2.50. The van der Waals surface area contributed by atoms with Gasteiger partial charge >= 0.3 is 0 Å². The van der Waals surface area contributed by atoms with Crippen LogP contribution in [0.4, 0.5) is 0 Å². The Balaban J connectivity index is 1.67. The number of piperidine rings is 1. The highest BCUT2D eigenvalue weighted by Crippen LogP contribution is 2.40. The first kappa shape index (κ1) is 15.8. The fourth-order valence-corrected chi connectivity index (χ4v) is 4.00. The molecule has 2 heterocycles. The van der Waals surface area contributed by atoms with Gasteiger partial charge in [0.1, 0.15) is 5.75 Å². The van der Waals surface area contributed by atoms with Crippen LogP contribution >= 0.6 is 0 Å². The molecule has 0 unspecified atom stereocenters. The molecule has 4 heteroatoms. The van der Waals surface area contributed by atoms with Crippen LogP contribution in [0.1, 0.15) is 24.8 Å². The summed E-state index contributed by atoms with van der Waals surface area (Å²) in [5.41, 5.74) is 1.51. The summed E-state index contributed by atoms with van der Waals surface area (Å²) < 4.78 is 16.8. The second kappa shape index (κ2) is 6.99. The Morgan fingerprint density at radius 3 is 2.82 bits per heavy atom. The molecule has 2 saturated heterocycles. The number of fused-ring (bicyclic) bond motifs is 1. The number of ether oxygens (including phenoxy) is 3. The third-order valence-corrected chi connectivity index (χ3v) is 5.06. The lowest BCUT2D eigenvalue weighted by atomic mass is 9.73. The van der Waals surface area contributed by atoms with Crippen molar-refractivity contribution in [2.45, 2.75) is 31.9 Å². The maximum absolute atomic E-state index is 6.04. The summed E-state index contributed by atoms with van der Waals surface area (Å²) in [4.78, 5) is 2.55. The number of hydrogen-bond acceptors (Lipinski definition) is 4. The Labute approximate surface area is 133 Å². The molecule has 22 heavy (non-hydrogen) atoms. The monoisotopic (exact) mass is 305 g/mol. The van der Waals surface area contributed by atoms with E-state index in [1.807, 2.05) is 19.2 Å². The number of likely N-dealkylation sites (tertiary alicyclic amines) is 1. The number of hydrogen-bond donors (Lipinski definition) is 0. The molecule has 1 aromatic rings. The van der Waals surface area contributed by atoms with E-state index in [2.05, 4.69) is 17.0 Å². The molecule has 0 N–H and O–H groups in total. The van der Waals surface area contributed by atoms with Gasteiger partial charge in [0.2, 0.25) is 0 Å². The summed E-state index contributed by atoms with van der Waals surface area (Å²) in [6.07, 6.45) is 3.84. The van der Waals surface area contributed by atoms with Gasteiger partial charge < -0.3 is 14.2 Å². The van der Waals surface area contributed by atoms with Gasteiger partial charge in [-0.3, -0.25) is 4.90 Å². The Morgan fingerprint density at radius 2 is 2.09 bits per heavy atom. The zero-order valence-electron chi connectivity index (χ0n) is 13.7. The molecule has 0 saturated carbocycles. The van der Waals surface area contributed by atoms with Crippen molar-refractivity contribution < 1.29 is 14.2 Å². The quantitative estimate of drug-likeness (QED) is 0.837. The predicted octanol–water partition coefficient (Wildman–Crippen LogP) is 2.71. The first-order valence-corrected chi connectivity index (χ1v) is 8.21. The van der Waals surface area contributed by atoms with E-state index in [1.165, 1.54) is 12.0 Å². The lowest BCUT2D eigenvalue weighted by Crippen LogP contribution is -2.56. The van der Waals surface area contributed by atoms with Crippen molar-refractivity contribution in [3.05, 3.63) is 29.8 Å². The Kier molecular flexibility index (Phi) is 5.01. The van der Waals surface area contributed by atoms with Crippen LogP contribution in [0.25, 0.3) is 0 Å². The molecular formula is C18H27NO3. The van der Waals surface area contributed by atoms with Gasteiger partial charge in [-0.25, -0.2) is 0 Å². The van der Waals surface area contributed by atoms with Crippen LogP contribution in [-0.2, 0) is 16.0 Å². The Morgan fingerprint density at radius 1 is 1.27 bits per heavy atom. The molecule has 2 aliphatic rings. The van der Waals surface area contributed by atoms with Crippen LogP contribution in [-0.4, -0.2) is 51.5 Å². The van der Waals surface area contributed by atoms with E-state index in [0.717, 1.165) is 51.4 Å². The molecule has 1 aromatic carbocycles. The van der Waals surface area contributed by atoms with Gasteiger partial charge in [-0.15, -0.1) is 0 Å². The van der Waals surface area contributed by atoms with Crippen LogP contribution in [0, 0.1) is 5.41 Å². The average Bonchev–Trinajstić information content (AvgIpc) is 2.55. The number of nitrogens with zero attached hydrogens (tertiary/aromatic N) is 1. The summed E-state index contributed by atoms with van der Waals surface area (Å²) >= 11 is 0. The minimum absolute atomic E-state index is 0.178. The SMILES string of the molecule is COC[C@]12CCCO[C@@H]1CCN(Cc1ccc(OC)cc1)C2. The maximum Gasteiger partial charge on any atom is 0.118 e. The summed E-state index contributed by atoms with van der Waals surface area (Å²) in [6, 6.07) is 8.39. The molecule has 2 atom stereocenters. The summed E-state index contributed by atoms with van der Waals surface area (Å²) in [6.45, 7) is 4.87. The second-order valence-corrected chi connectivity index (χ2v) is 6.61. The fraction of sp³-hybridized carbons (Fsp3) is 0.667. The normalized spacial score (nSPS) is 29.1. The molecule has 3 rings (SSSR count). The third-order valence-electron chi connectivity index (χ3n) is 5.06. The molecule has 2 aliphatic heterocycles. The van der Waals surface area contributed by atoms with Gasteiger partial charge in [-0.2, -0.15) is 0 Å². The van der Waals surface area contributed by atoms with E-state index in [4.69, 9.17) is 14.2 Å². The van der Waals surface area contributed by atoms with Gasteiger partial charge in [0.25, 0.3) is 0 Å². The van der Waals surface area contributed by atoms with Crippen molar-refractivity contribution in [2.24, 2.45) is 5.41 Å². The number of methoxy groups -OCH3 is 2. The Bertz CT molecular complexity index is 472. The molecule has 2 fully saturated rings. The first-order valence-electron chi connectivity index (χ1n) is 8.21. The average molecular weight is 305 g/mol. The Hall–Kier alpha value is -1.10. The third kappa shape index (κ3) is 3.29. The van der Waals surface area contributed by atoms with Crippen molar-refractivity contribution in [3.63, 3.8) is 0 Å². The van der Waals surface area contributed by atoms with Gasteiger partial charge in [-0.1, -0.05) is 12.1 Å². The van der Waals surface area contributed by atoms with Crippen molar-refractivity contribution in [2.75, 3.05) is 40.5 Å². The van der Waals surface area contributed by atoms with E-state index in [0.29, 0.717) is 6.10 Å². The van der Waals surface area contributed by atoms with E-state index in [9.17, 15) is 0 Å². The molecule has 0 aliphatic carbocycles. The minimum Gasteiger partial charge on any atom is -0.497 e. The van der Waals surface area contributed by atoms with Crippen LogP contribution < -0.4 is 4.74 Å². The first-order chi connectivity index (χ1) is 10.8. The largest absolute Gasteiger partial charge is 0.497 e. The van der Waals surface area contributed by atoms with E-state index in [1.54, 1.807) is 7.11 Å². The topological polar surface area (TPSA) is 30.9 Å². The van der Waals surface area contributed by atoms with Gasteiger partial charge in [0.15, 0.2) is 0 Å². The van der Waals surface area contributed by atoms with Crippen molar-refractivity contribution >= 4 is 0 Å². The maximum atomic E-state index is 6.04.